The second-order valence-electron chi connectivity index (χ2n) is 3.26. The van der Waals surface area contributed by atoms with E-state index in [4.69, 9.17) is 5.11 Å². The molecule has 0 saturated heterocycles. The maximum Gasteiger partial charge on any atom is 0.322 e. The molecule has 0 aliphatic carbocycles. The van der Waals surface area contributed by atoms with Crippen molar-refractivity contribution in [3.63, 3.8) is 0 Å². The van der Waals surface area contributed by atoms with E-state index in [1.807, 2.05) is 0 Å². The minimum absolute atomic E-state index is 0.239. The summed E-state index contributed by atoms with van der Waals surface area (Å²) >= 11 is 0. The molecule has 0 aromatic rings. The first-order chi connectivity index (χ1) is 5.90. The molecule has 0 aromatic heterocycles. The molecule has 4 heteroatoms. The van der Waals surface area contributed by atoms with Gasteiger partial charge in [-0.3, -0.25) is 9.59 Å². The van der Waals surface area contributed by atoms with Gasteiger partial charge in [0, 0.05) is 6.42 Å². The highest BCUT2D eigenvalue weighted by Gasteiger charge is 1.98. The van der Waals surface area contributed by atoms with Crippen molar-refractivity contribution >= 4 is 11.9 Å². The fraction of sp³-hybridized carbons (Fsp3) is 0.778. The first-order valence-electron chi connectivity index (χ1n) is 4.38. The number of carboxylic acid groups (broad SMARTS) is 1. The summed E-state index contributed by atoms with van der Waals surface area (Å²) < 4.78 is 0. The maximum atomic E-state index is 10.3. The van der Waals surface area contributed by atoms with E-state index in [9.17, 15) is 9.59 Å². The van der Waals surface area contributed by atoms with Gasteiger partial charge in [-0.1, -0.05) is 27.7 Å². The van der Waals surface area contributed by atoms with Crippen LogP contribution in [0.4, 0.5) is 0 Å². The highest BCUT2D eigenvalue weighted by molar-refractivity contribution is 5.80. The summed E-state index contributed by atoms with van der Waals surface area (Å²) in [5, 5.41) is 10.2. The normalized spacial score (nSPS) is 8.69. The van der Waals surface area contributed by atoms with Gasteiger partial charge >= 0.3 is 5.97 Å². The van der Waals surface area contributed by atoms with Gasteiger partial charge in [0.05, 0.1) is 0 Å². The molecule has 13 heavy (non-hydrogen) atoms. The predicted molar refractivity (Wildman–Crippen MR) is 51.4 cm³/mol. The zero-order valence-electron chi connectivity index (χ0n) is 8.76. The molecule has 0 unspecified atom stereocenters. The summed E-state index contributed by atoms with van der Waals surface area (Å²) in [5.74, 6) is -0.422. The minimum atomic E-state index is -1.02. The Morgan fingerprint density at radius 1 is 1.31 bits per heavy atom. The summed E-state index contributed by atoms with van der Waals surface area (Å²) in [6.07, 6.45) is 0.327. The lowest BCUT2D eigenvalue weighted by molar-refractivity contribution is -0.137. The number of hydrogen-bond donors (Lipinski definition) is 2. The molecule has 0 spiro atoms. The van der Waals surface area contributed by atoms with Crippen molar-refractivity contribution in [2.24, 2.45) is 5.92 Å². The van der Waals surface area contributed by atoms with Crippen LogP contribution >= 0.6 is 0 Å². The first-order valence-corrected chi connectivity index (χ1v) is 4.38. The molecule has 0 aliphatic heterocycles. The van der Waals surface area contributed by atoms with Crippen LogP contribution in [-0.2, 0) is 9.59 Å². The molecule has 0 atom stereocenters. The largest absolute Gasteiger partial charge is 0.480 e. The zero-order valence-corrected chi connectivity index (χ0v) is 8.76. The number of amides is 1. The lowest BCUT2D eigenvalue weighted by atomic mass is 10.3. The van der Waals surface area contributed by atoms with E-state index in [1.54, 1.807) is 6.92 Å². The van der Waals surface area contributed by atoms with Crippen LogP contribution < -0.4 is 5.32 Å². The molecule has 0 rings (SSSR count). The van der Waals surface area contributed by atoms with E-state index >= 15 is 0 Å². The number of hydrogen-bond acceptors (Lipinski definition) is 2. The zero-order chi connectivity index (χ0) is 10.9. The molecular formula is C9H19NO3. The topological polar surface area (TPSA) is 66.4 Å². The summed E-state index contributed by atoms with van der Waals surface area (Å²) in [5.41, 5.74) is 0. The van der Waals surface area contributed by atoms with E-state index in [-0.39, 0.29) is 12.5 Å². The lowest BCUT2D eigenvalue weighted by Crippen LogP contribution is -2.28. The van der Waals surface area contributed by atoms with Crippen LogP contribution in [0.1, 0.15) is 34.1 Å². The molecule has 4 nitrogen and oxygen atoms in total. The number of carboxylic acids is 1. The van der Waals surface area contributed by atoms with E-state index in [1.165, 1.54) is 0 Å². The molecule has 1 amide bonds. The fourth-order valence-electron chi connectivity index (χ4n) is 0.299. The van der Waals surface area contributed by atoms with E-state index < -0.39 is 5.97 Å². The van der Waals surface area contributed by atoms with Gasteiger partial charge in [-0.15, -0.1) is 0 Å². The van der Waals surface area contributed by atoms with Crippen molar-refractivity contribution in [3.05, 3.63) is 0 Å². The van der Waals surface area contributed by atoms with Crippen LogP contribution in [0.5, 0.6) is 0 Å². The average Bonchev–Trinajstić information content (AvgIpc) is 1.99. The highest BCUT2D eigenvalue weighted by atomic mass is 16.4. The van der Waals surface area contributed by atoms with Crippen molar-refractivity contribution in [2.75, 3.05) is 6.54 Å². The molecule has 0 radical (unpaired) electrons. The molecule has 0 heterocycles. The van der Waals surface area contributed by atoms with E-state index in [0.717, 1.165) is 5.92 Å². The molecule has 78 valence electrons. The summed E-state index contributed by atoms with van der Waals surface area (Å²) in [6, 6.07) is 0. The monoisotopic (exact) mass is 189 g/mol. The van der Waals surface area contributed by atoms with Crippen molar-refractivity contribution in [1.29, 1.82) is 0 Å². The Labute approximate surface area is 79.3 Å². The van der Waals surface area contributed by atoms with Crippen LogP contribution in [-0.4, -0.2) is 23.5 Å². The van der Waals surface area contributed by atoms with Gasteiger partial charge in [0.25, 0.3) is 0 Å². The Morgan fingerprint density at radius 2 is 1.69 bits per heavy atom. The van der Waals surface area contributed by atoms with E-state index in [0.29, 0.717) is 6.42 Å². The van der Waals surface area contributed by atoms with Crippen LogP contribution in [0.2, 0.25) is 0 Å². The number of rotatable bonds is 3. The predicted octanol–water partition coefficient (Wildman–Crippen LogP) is 1.26. The Balaban J connectivity index is 0. The van der Waals surface area contributed by atoms with Crippen molar-refractivity contribution in [3.8, 4) is 0 Å². The van der Waals surface area contributed by atoms with Crippen molar-refractivity contribution in [1.82, 2.24) is 5.32 Å². The summed E-state index contributed by atoms with van der Waals surface area (Å²) in [4.78, 5) is 20.1. The Morgan fingerprint density at radius 3 is 1.92 bits per heavy atom. The van der Waals surface area contributed by atoms with Gasteiger partial charge in [0.1, 0.15) is 6.54 Å². The molecule has 0 aromatic carbocycles. The van der Waals surface area contributed by atoms with E-state index in [2.05, 4.69) is 26.1 Å². The highest BCUT2D eigenvalue weighted by Crippen LogP contribution is 1.81. The Kier molecular flexibility index (Phi) is 10.0. The van der Waals surface area contributed by atoms with Crippen molar-refractivity contribution < 1.29 is 14.7 Å². The summed E-state index contributed by atoms with van der Waals surface area (Å²) in [7, 11) is 0. The molecule has 2 N–H and O–H groups in total. The average molecular weight is 189 g/mol. The van der Waals surface area contributed by atoms with Crippen molar-refractivity contribution in [2.45, 2.75) is 34.1 Å². The molecule has 0 bridgehead atoms. The van der Waals surface area contributed by atoms with Gasteiger partial charge < -0.3 is 10.4 Å². The molecule has 0 saturated carbocycles. The second kappa shape index (κ2) is 9.03. The lowest BCUT2D eigenvalue weighted by Gasteiger charge is -1.95. The smallest absolute Gasteiger partial charge is 0.322 e. The number of carbonyl (C=O) groups excluding carboxylic acids is 1. The summed E-state index contributed by atoms with van der Waals surface area (Å²) in [6.45, 7) is 7.88. The van der Waals surface area contributed by atoms with Crippen LogP contribution in [0.15, 0.2) is 0 Å². The van der Waals surface area contributed by atoms with Gasteiger partial charge in [-0.25, -0.2) is 0 Å². The molecular weight excluding hydrogens is 170 g/mol. The minimum Gasteiger partial charge on any atom is -0.480 e. The van der Waals surface area contributed by atoms with Gasteiger partial charge in [-0.05, 0) is 5.92 Å². The number of carbonyl (C=O) groups is 2. The SMILES string of the molecule is CC(C)C.CCC(=O)NCC(=O)O. The third-order valence-electron chi connectivity index (χ3n) is 0.758. The maximum absolute atomic E-state index is 10.3. The first kappa shape index (κ1) is 14.5. The third kappa shape index (κ3) is 24.8. The van der Waals surface area contributed by atoms with Crippen LogP contribution in [0.3, 0.4) is 0 Å². The standard InChI is InChI=1S/C5H9NO3.C4H10/c1-2-4(7)6-3-5(8)9;1-4(2)3/h2-3H2,1H3,(H,6,7)(H,8,9);4H,1-3H3. The molecule has 0 fully saturated rings. The fourth-order valence-corrected chi connectivity index (χ4v) is 0.299. The number of aliphatic carboxylic acids is 1. The third-order valence-corrected chi connectivity index (χ3v) is 0.758. The van der Waals surface area contributed by atoms with Crippen LogP contribution in [0.25, 0.3) is 0 Å². The second-order valence-corrected chi connectivity index (χ2v) is 3.26. The number of nitrogens with one attached hydrogen (secondary N) is 1. The Bertz CT molecular complexity index is 152. The Hall–Kier alpha value is -1.06. The van der Waals surface area contributed by atoms with Gasteiger partial charge in [-0.2, -0.15) is 0 Å². The van der Waals surface area contributed by atoms with Gasteiger partial charge in [0.15, 0.2) is 0 Å². The quantitative estimate of drug-likeness (QED) is 0.702. The molecule has 0 aliphatic rings. The van der Waals surface area contributed by atoms with Gasteiger partial charge in [0.2, 0.25) is 5.91 Å². The van der Waals surface area contributed by atoms with Crippen LogP contribution in [0, 0.1) is 5.92 Å².